The van der Waals surface area contributed by atoms with Crippen LogP contribution in [0.2, 0.25) is 0 Å². The van der Waals surface area contributed by atoms with Crippen LogP contribution in [0.25, 0.3) is 0 Å². The molecule has 0 fully saturated rings. The van der Waals surface area contributed by atoms with Crippen molar-refractivity contribution < 1.29 is 37.7 Å². The van der Waals surface area contributed by atoms with E-state index >= 15 is 0 Å². The smallest absolute Gasteiger partial charge is 0.838 e. The van der Waals surface area contributed by atoms with Crippen LogP contribution >= 0.6 is 11.6 Å². The van der Waals surface area contributed by atoms with Gasteiger partial charge in [-0.15, -0.1) is 4.55 Å². The van der Waals surface area contributed by atoms with Crippen LogP contribution in [-0.2, 0) is 25.0 Å². The Morgan fingerprint density at radius 1 is 1.29 bits per heavy atom. The van der Waals surface area contributed by atoms with Gasteiger partial charge in [-0.25, -0.2) is 0 Å². The van der Waals surface area contributed by atoms with Crippen LogP contribution in [0.5, 0.6) is 0 Å². The van der Waals surface area contributed by atoms with Gasteiger partial charge in [0, 0.05) is 0 Å². The minimum atomic E-state index is -0.0324. The molecule has 0 radical (unpaired) electrons. The molecule has 0 atom stereocenters. The Labute approximate surface area is 84.3 Å². The van der Waals surface area contributed by atoms with Crippen molar-refractivity contribution in [2.45, 2.75) is 0 Å². The Bertz CT molecular complexity index is 26.9. The van der Waals surface area contributed by atoms with Gasteiger partial charge in [0.25, 0.3) is 0 Å². The molecule has 0 nitrogen and oxygen atoms in total. The molecule has 0 saturated heterocycles. The minimum absolute atomic E-state index is 0. The Morgan fingerprint density at radius 3 is 1.43 bits per heavy atom. The zero-order valence-electron chi connectivity index (χ0n) is 4.80. The van der Waals surface area contributed by atoms with E-state index in [9.17, 15) is 0 Å². The SMILES string of the molecule is CSB([S-])[S-].[Li+].[Li+]. The molecule has 0 rings (SSSR count). The molecule has 0 aromatic heterocycles. The zero-order chi connectivity index (χ0) is 4.28. The van der Waals surface area contributed by atoms with Crippen molar-refractivity contribution in [3.05, 3.63) is 0 Å². The quantitative estimate of drug-likeness (QED) is 0.260. The van der Waals surface area contributed by atoms with Crippen molar-refractivity contribution in [2.75, 3.05) is 6.26 Å². The van der Waals surface area contributed by atoms with Gasteiger partial charge in [-0.3, -0.25) is 11.6 Å². The number of rotatable bonds is 1. The molecule has 0 aromatic rings. The van der Waals surface area contributed by atoms with Crippen LogP contribution in [0, 0.1) is 0 Å². The van der Waals surface area contributed by atoms with Crippen molar-refractivity contribution in [3.8, 4) is 0 Å². The third-order valence-electron chi connectivity index (χ3n) is 0.192. The molecule has 0 aliphatic heterocycles. The van der Waals surface area contributed by atoms with Crippen LogP contribution in [0.15, 0.2) is 0 Å². The molecular weight excluding hydrogens is 133 g/mol. The second-order valence-corrected chi connectivity index (χ2v) is 3.31. The van der Waals surface area contributed by atoms with Gasteiger partial charge in [-0.05, 0) is 6.26 Å². The molecule has 30 valence electrons. The van der Waals surface area contributed by atoms with Crippen LogP contribution in [0.4, 0.5) is 0 Å². The summed E-state index contributed by atoms with van der Waals surface area (Å²) in [5.41, 5.74) is 0. The summed E-state index contributed by atoms with van der Waals surface area (Å²) in [7, 11) is 0. The third-order valence-corrected chi connectivity index (χ3v) is 1.73. The van der Waals surface area contributed by atoms with Crippen LogP contribution in [0.3, 0.4) is 0 Å². The molecule has 0 aromatic carbocycles. The first-order chi connectivity index (χ1) is 2.27. The van der Waals surface area contributed by atoms with Crippen molar-refractivity contribution in [1.82, 2.24) is 0 Å². The predicted octanol–water partition coefficient (Wildman–Crippen LogP) is -5.56. The largest absolute Gasteiger partial charge is 1.00 e. The molecule has 0 aliphatic rings. The van der Waals surface area contributed by atoms with Crippen molar-refractivity contribution in [1.29, 1.82) is 0 Å². The van der Waals surface area contributed by atoms with Crippen molar-refractivity contribution in [2.24, 2.45) is 0 Å². The fraction of sp³-hybridized carbons (Fsp3) is 1.00. The summed E-state index contributed by atoms with van der Waals surface area (Å²) >= 11 is 10.6. The molecule has 7 heavy (non-hydrogen) atoms. The van der Waals surface area contributed by atoms with E-state index in [0.29, 0.717) is 0 Å². The molecule has 6 heteroatoms. The minimum Gasteiger partial charge on any atom is -0.838 e. The number of hydrogen-bond donors (Lipinski definition) is 0. The van der Waals surface area contributed by atoms with Crippen LogP contribution < -0.4 is 37.7 Å². The molecule has 0 unspecified atom stereocenters. The molecular formula is CH3BLi2S3. The monoisotopic (exact) mass is 136 g/mol. The second-order valence-electron chi connectivity index (χ2n) is 0.524. The normalized spacial score (nSPS) is 5.57. The predicted molar refractivity (Wildman–Crippen MR) is 34.0 cm³/mol. The zero-order valence-corrected chi connectivity index (χ0v) is 7.25. The average molecular weight is 136 g/mol. The standard InChI is InChI=1S/CH3BS3.2Li/c1-5-2(3)4;;/h1H3;;/q-2;2*+1. The Hall–Kier alpha value is 2.31. The molecule has 0 N–H and O–H groups in total. The van der Waals surface area contributed by atoms with Gasteiger partial charge < -0.3 is 25.0 Å². The maximum atomic E-state index is 4.56. The van der Waals surface area contributed by atoms with Crippen molar-refractivity contribution in [3.63, 3.8) is 0 Å². The molecule has 0 saturated carbocycles. The third kappa shape index (κ3) is 17.8. The summed E-state index contributed by atoms with van der Waals surface area (Å²) in [5.74, 6) is 0. The van der Waals surface area contributed by atoms with Gasteiger partial charge in [0.2, 0.25) is 0 Å². The van der Waals surface area contributed by atoms with Gasteiger partial charge in [-0.1, -0.05) is 0 Å². The van der Waals surface area contributed by atoms with E-state index in [1.54, 1.807) is 0 Å². The van der Waals surface area contributed by atoms with E-state index < -0.39 is 0 Å². The molecule has 0 bridgehead atoms. The first-order valence-corrected chi connectivity index (χ1v) is 3.35. The summed E-state index contributed by atoms with van der Waals surface area (Å²) in [5, 5.41) is 0. The first kappa shape index (κ1) is 16.1. The van der Waals surface area contributed by atoms with Crippen LogP contribution in [0.1, 0.15) is 0 Å². The van der Waals surface area contributed by atoms with Crippen molar-refractivity contribution >= 4 is 41.1 Å². The van der Waals surface area contributed by atoms with E-state index in [4.69, 9.17) is 0 Å². The van der Waals surface area contributed by atoms with Gasteiger partial charge in [0.1, 0.15) is 0 Å². The summed E-state index contributed by atoms with van der Waals surface area (Å²) in [6.07, 6.45) is 1.91. The molecule has 0 heterocycles. The van der Waals surface area contributed by atoms with Crippen LogP contribution in [-0.4, -0.2) is 10.8 Å². The Morgan fingerprint density at radius 2 is 1.43 bits per heavy atom. The first-order valence-electron chi connectivity index (χ1n) is 1.12. The Balaban J connectivity index is -0.0000000800. The van der Waals surface area contributed by atoms with Gasteiger partial charge in [-0.2, -0.15) is 0 Å². The van der Waals surface area contributed by atoms with Gasteiger partial charge >= 0.3 is 37.7 Å². The summed E-state index contributed by atoms with van der Waals surface area (Å²) in [4.78, 5) is 0. The fourth-order valence-corrected chi connectivity index (χ4v) is 0. The second kappa shape index (κ2) is 11.2. The van der Waals surface area contributed by atoms with Gasteiger partial charge in [0.05, 0.1) is 0 Å². The van der Waals surface area contributed by atoms with Gasteiger partial charge in [0.15, 0.2) is 0 Å². The Kier molecular flexibility index (Phi) is 25.7. The van der Waals surface area contributed by atoms with E-state index in [1.165, 1.54) is 11.6 Å². The molecule has 0 amide bonds. The van der Waals surface area contributed by atoms with E-state index in [-0.39, 0.29) is 42.3 Å². The summed E-state index contributed by atoms with van der Waals surface area (Å²) in [6, 6.07) is 0. The topological polar surface area (TPSA) is 0 Å². The maximum absolute atomic E-state index is 4.56. The summed E-state index contributed by atoms with van der Waals surface area (Å²) in [6.45, 7) is 0. The van der Waals surface area contributed by atoms with E-state index in [0.717, 1.165) is 0 Å². The average Bonchev–Trinajstić information content (AvgIpc) is 1.38. The molecule has 0 aliphatic carbocycles. The van der Waals surface area contributed by atoms with E-state index in [2.05, 4.69) is 25.0 Å². The fourth-order valence-electron chi connectivity index (χ4n) is 0. The maximum Gasteiger partial charge on any atom is 1.00 e. The number of hydrogen-bond acceptors (Lipinski definition) is 3. The summed E-state index contributed by atoms with van der Waals surface area (Å²) < 4.78 is -0.0324. The van der Waals surface area contributed by atoms with E-state index in [1.807, 2.05) is 6.26 Å². The molecule has 0 spiro atoms.